The maximum absolute atomic E-state index is 13.1. The van der Waals surface area contributed by atoms with Crippen molar-refractivity contribution in [2.24, 2.45) is 0 Å². The van der Waals surface area contributed by atoms with Crippen LogP contribution in [-0.2, 0) is 6.54 Å². The number of nitrogens with zero attached hydrogens (tertiary/aromatic N) is 3. The van der Waals surface area contributed by atoms with Crippen LogP contribution >= 0.6 is 0 Å². The van der Waals surface area contributed by atoms with Crippen LogP contribution in [0.1, 0.15) is 26.5 Å². The van der Waals surface area contributed by atoms with E-state index in [9.17, 15) is 9.59 Å². The van der Waals surface area contributed by atoms with E-state index in [2.05, 4.69) is 20.7 Å². The SMILES string of the molecule is O=C(Nc1ccc(CNC(=O)c2cn(-c3ccccc3)nc2-c2cccnc2)cc1)c1ccco1. The molecule has 5 rings (SSSR count). The second-order valence-electron chi connectivity index (χ2n) is 7.72. The Bertz CT molecular complexity index is 1430. The molecule has 0 atom stereocenters. The molecule has 5 aromatic rings. The van der Waals surface area contributed by atoms with Crippen LogP contribution in [0, 0.1) is 0 Å². The predicted molar refractivity (Wildman–Crippen MR) is 131 cm³/mol. The summed E-state index contributed by atoms with van der Waals surface area (Å²) in [4.78, 5) is 29.4. The molecule has 0 bridgehead atoms. The number of benzene rings is 2. The summed E-state index contributed by atoms with van der Waals surface area (Å²) in [5.41, 5.74) is 4.12. The summed E-state index contributed by atoms with van der Waals surface area (Å²) in [5, 5.41) is 10.4. The summed E-state index contributed by atoms with van der Waals surface area (Å²) in [7, 11) is 0. The molecule has 0 spiro atoms. The van der Waals surface area contributed by atoms with Crippen molar-refractivity contribution in [2.75, 3.05) is 5.32 Å². The zero-order chi connectivity index (χ0) is 24.0. The molecule has 2 N–H and O–H groups in total. The Morgan fingerprint density at radius 3 is 2.43 bits per heavy atom. The maximum Gasteiger partial charge on any atom is 0.291 e. The van der Waals surface area contributed by atoms with Gasteiger partial charge in [0, 0.05) is 36.4 Å². The lowest BCUT2D eigenvalue weighted by Crippen LogP contribution is -2.23. The number of amides is 2. The summed E-state index contributed by atoms with van der Waals surface area (Å²) in [6.07, 6.45) is 6.53. The van der Waals surface area contributed by atoms with E-state index in [-0.39, 0.29) is 17.6 Å². The molecule has 0 saturated carbocycles. The quantitative estimate of drug-likeness (QED) is 0.364. The second kappa shape index (κ2) is 9.88. The molecule has 3 heterocycles. The molecule has 0 aliphatic carbocycles. The van der Waals surface area contributed by atoms with Gasteiger partial charge in [0.15, 0.2) is 5.76 Å². The van der Waals surface area contributed by atoms with E-state index in [1.807, 2.05) is 54.6 Å². The van der Waals surface area contributed by atoms with Gasteiger partial charge in [-0.2, -0.15) is 5.10 Å². The van der Waals surface area contributed by atoms with Crippen LogP contribution in [0.3, 0.4) is 0 Å². The third-order valence-corrected chi connectivity index (χ3v) is 5.32. The molecule has 2 amide bonds. The van der Waals surface area contributed by atoms with Gasteiger partial charge in [-0.05, 0) is 54.1 Å². The molecule has 35 heavy (non-hydrogen) atoms. The van der Waals surface area contributed by atoms with Gasteiger partial charge in [-0.15, -0.1) is 0 Å². The van der Waals surface area contributed by atoms with Gasteiger partial charge in [0.2, 0.25) is 0 Å². The zero-order valence-corrected chi connectivity index (χ0v) is 18.6. The van der Waals surface area contributed by atoms with Crippen LogP contribution in [0.2, 0.25) is 0 Å². The molecule has 0 saturated heterocycles. The fourth-order valence-electron chi connectivity index (χ4n) is 3.55. The fourth-order valence-corrected chi connectivity index (χ4v) is 3.55. The Kier molecular flexibility index (Phi) is 6.17. The number of hydrogen-bond acceptors (Lipinski definition) is 5. The van der Waals surface area contributed by atoms with Crippen LogP contribution in [-0.4, -0.2) is 26.6 Å². The number of furan rings is 1. The number of pyridine rings is 1. The van der Waals surface area contributed by atoms with Gasteiger partial charge in [0.05, 0.1) is 17.5 Å². The average Bonchev–Trinajstić information content (AvgIpc) is 3.60. The highest BCUT2D eigenvalue weighted by molar-refractivity contribution is 6.02. The van der Waals surface area contributed by atoms with E-state index in [4.69, 9.17) is 4.42 Å². The van der Waals surface area contributed by atoms with Gasteiger partial charge in [-0.25, -0.2) is 4.68 Å². The summed E-state index contributed by atoms with van der Waals surface area (Å²) in [6, 6.07) is 23.8. The smallest absolute Gasteiger partial charge is 0.291 e. The number of hydrogen-bond donors (Lipinski definition) is 2. The molecule has 0 aliphatic heterocycles. The molecule has 2 aromatic carbocycles. The number of para-hydroxylation sites is 1. The molecule has 0 aliphatic rings. The first-order valence-electron chi connectivity index (χ1n) is 10.9. The van der Waals surface area contributed by atoms with Crippen molar-refractivity contribution in [3.8, 4) is 16.9 Å². The average molecular weight is 463 g/mol. The Morgan fingerprint density at radius 2 is 1.71 bits per heavy atom. The number of carbonyl (C=O) groups is 2. The van der Waals surface area contributed by atoms with Crippen LogP contribution in [0.5, 0.6) is 0 Å². The minimum Gasteiger partial charge on any atom is -0.459 e. The largest absolute Gasteiger partial charge is 0.459 e. The fraction of sp³-hybridized carbons (Fsp3) is 0.0370. The van der Waals surface area contributed by atoms with Crippen LogP contribution < -0.4 is 10.6 Å². The topological polar surface area (TPSA) is 102 Å². The van der Waals surface area contributed by atoms with E-state index < -0.39 is 0 Å². The van der Waals surface area contributed by atoms with Crippen LogP contribution in [0.4, 0.5) is 5.69 Å². The summed E-state index contributed by atoms with van der Waals surface area (Å²) < 4.78 is 6.79. The highest BCUT2D eigenvalue weighted by Crippen LogP contribution is 2.23. The first-order chi connectivity index (χ1) is 17.2. The lowest BCUT2D eigenvalue weighted by molar-refractivity contribution is 0.0950. The molecule has 0 unspecified atom stereocenters. The predicted octanol–water partition coefficient (Wildman–Crippen LogP) is 4.71. The highest BCUT2D eigenvalue weighted by Gasteiger charge is 2.19. The Labute approximate surface area is 201 Å². The number of nitrogens with one attached hydrogen (secondary N) is 2. The van der Waals surface area contributed by atoms with Gasteiger partial charge < -0.3 is 15.1 Å². The Hall–Kier alpha value is -4.98. The first kappa shape index (κ1) is 21.8. The third-order valence-electron chi connectivity index (χ3n) is 5.32. The summed E-state index contributed by atoms with van der Waals surface area (Å²) >= 11 is 0. The van der Waals surface area contributed by atoms with E-state index >= 15 is 0 Å². The normalized spacial score (nSPS) is 10.6. The lowest BCUT2D eigenvalue weighted by atomic mass is 10.1. The van der Waals surface area contributed by atoms with Gasteiger partial charge in [-0.1, -0.05) is 30.3 Å². The molecule has 172 valence electrons. The van der Waals surface area contributed by atoms with Gasteiger partial charge >= 0.3 is 0 Å². The molecule has 0 radical (unpaired) electrons. The van der Waals surface area contributed by atoms with Crippen molar-refractivity contribution >= 4 is 17.5 Å². The second-order valence-corrected chi connectivity index (χ2v) is 7.72. The van der Waals surface area contributed by atoms with Crippen molar-refractivity contribution in [2.45, 2.75) is 6.54 Å². The molecular formula is C27H21N5O3. The highest BCUT2D eigenvalue weighted by atomic mass is 16.3. The lowest BCUT2D eigenvalue weighted by Gasteiger charge is -2.07. The number of carbonyl (C=O) groups excluding carboxylic acids is 2. The van der Waals surface area contributed by atoms with Crippen LogP contribution in [0.25, 0.3) is 16.9 Å². The summed E-state index contributed by atoms with van der Waals surface area (Å²) in [5.74, 6) is -0.336. The van der Waals surface area contributed by atoms with Crippen LogP contribution in [0.15, 0.2) is 108 Å². The van der Waals surface area contributed by atoms with Crippen molar-refractivity contribution < 1.29 is 14.0 Å². The minimum atomic E-state index is -0.325. The molecular weight excluding hydrogens is 442 g/mol. The molecule has 0 fully saturated rings. The van der Waals surface area contributed by atoms with Gasteiger partial charge in [0.25, 0.3) is 11.8 Å². The van der Waals surface area contributed by atoms with Crippen molar-refractivity contribution in [1.82, 2.24) is 20.1 Å². The third kappa shape index (κ3) is 5.01. The van der Waals surface area contributed by atoms with E-state index in [1.165, 1.54) is 6.26 Å². The minimum absolute atomic E-state index is 0.238. The molecule has 3 aromatic heterocycles. The van der Waals surface area contributed by atoms with Crippen molar-refractivity contribution in [3.63, 3.8) is 0 Å². The number of anilines is 1. The van der Waals surface area contributed by atoms with E-state index in [0.29, 0.717) is 23.5 Å². The van der Waals surface area contributed by atoms with Crippen molar-refractivity contribution in [1.29, 1.82) is 0 Å². The van der Waals surface area contributed by atoms with E-state index in [1.54, 1.807) is 47.5 Å². The Morgan fingerprint density at radius 1 is 0.886 bits per heavy atom. The Balaban J connectivity index is 1.30. The zero-order valence-electron chi connectivity index (χ0n) is 18.6. The number of aromatic nitrogens is 3. The first-order valence-corrected chi connectivity index (χ1v) is 10.9. The number of rotatable bonds is 7. The van der Waals surface area contributed by atoms with E-state index in [0.717, 1.165) is 16.8 Å². The molecule has 8 nitrogen and oxygen atoms in total. The standard InChI is InChI=1S/C27H21N5O3/c33-26(29-16-19-10-12-21(13-11-19)30-27(34)24-9-5-15-35-24)23-18-32(22-7-2-1-3-8-22)31-25(23)20-6-4-14-28-17-20/h1-15,17-18H,16H2,(H,29,33)(H,30,34). The van der Waals surface area contributed by atoms with Crippen molar-refractivity contribution in [3.05, 3.63) is 121 Å². The van der Waals surface area contributed by atoms with Gasteiger partial charge in [0.1, 0.15) is 5.69 Å². The molecule has 8 heteroatoms. The summed E-state index contributed by atoms with van der Waals surface area (Å²) in [6.45, 7) is 0.314. The monoisotopic (exact) mass is 463 g/mol. The maximum atomic E-state index is 13.1. The van der Waals surface area contributed by atoms with Gasteiger partial charge in [-0.3, -0.25) is 14.6 Å².